The van der Waals surface area contributed by atoms with E-state index in [1.54, 1.807) is 30.3 Å². The van der Waals surface area contributed by atoms with E-state index in [-0.39, 0.29) is 16.4 Å². The van der Waals surface area contributed by atoms with Gasteiger partial charge in [-0.15, -0.1) is 0 Å². The van der Waals surface area contributed by atoms with Gasteiger partial charge < -0.3 is 10.5 Å². The highest BCUT2D eigenvalue weighted by Gasteiger charge is 2.10. The summed E-state index contributed by atoms with van der Waals surface area (Å²) in [5.41, 5.74) is 7.30. The maximum Gasteiger partial charge on any atom is 0.148 e. The second-order valence-corrected chi connectivity index (χ2v) is 6.91. The number of hydrogen-bond donors (Lipinski definition) is 1. The van der Waals surface area contributed by atoms with Crippen LogP contribution in [0.2, 0.25) is 0 Å². The van der Waals surface area contributed by atoms with E-state index in [9.17, 15) is 4.39 Å². The summed E-state index contributed by atoms with van der Waals surface area (Å²) in [6.07, 6.45) is 1.60. The van der Waals surface area contributed by atoms with Crippen LogP contribution < -0.4 is 10.5 Å². The van der Waals surface area contributed by atoms with E-state index in [1.807, 2.05) is 6.07 Å². The Morgan fingerprint density at radius 2 is 1.83 bits per heavy atom. The van der Waals surface area contributed by atoms with Crippen molar-refractivity contribution in [1.29, 1.82) is 5.26 Å². The highest BCUT2D eigenvalue weighted by molar-refractivity contribution is 9.11. The quantitative estimate of drug-likeness (QED) is 0.375. The smallest absolute Gasteiger partial charge is 0.148 e. The monoisotopic (exact) mass is 468 g/mol. The molecule has 0 bridgehead atoms. The first-order chi connectivity index (χ1) is 11.4. The fourth-order valence-corrected chi connectivity index (χ4v) is 3.42. The number of hydrogen-bond acceptors (Lipinski definition) is 3. The largest absolute Gasteiger partial charge is 0.487 e. The fourth-order valence-electron chi connectivity index (χ4n) is 1.86. The van der Waals surface area contributed by atoms with E-state index in [0.29, 0.717) is 21.3 Å². The summed E-state index contributed by atoms with van der Waals surface area (Å²) in [4.78, 5) is 0.0429. The Labute approximate surface area is 161 Å². The SMILES string of the molecule is N#C/C(=C\c1cc(Br)c(OCc2ccc(F)cc2)c(Br)c1)C(N)=S. The number of thiocarbonyl (C=S) groups is 1. The van der Waals surface area contributed by atoms with Gasteiger partial charge in [0.05, 0.1) is 14.5 Å². The Morgan fingerprint density at radius 1 is 1.25 bits per heavy atom. The molecular weight excluding hydrogens is 459 g/mol. The molecule has 0 aliphatic carbocycles. The molecule has 2 aromatic carbocycles. The zero-order valence-corrected chi connectivity index (χ0v) is 16.2. The van der Waals surface area contributed by atoms with Gasteiger partial charge in [0.25, 0.3) is 0 Å². The lowest BCUT2D eigenvalue weighted by Gasteiger charge is -2.11. The van der Waals surface area contributed by atoms with Crippen LogP contribution in [0, 0.1) is 17.1 Å². The normalized spacial score (nSPS) is 11.0. The zero-order chi connectivity index (χ0) is 17.7. The molecule has 0 radical (unpaired) electrons. The van der Waals surface area contributed by atoms with Crippen molar-refractivity contribution in [2.45, 2.75) is 6.61 Å². The van der Waals surface area contributed by atoms with Crippen LogP contribution in [0.3, 0.4) is 0 Å². The molecule has 2 rings (SSSR count). The van der Waals surface area contributed by atoms with Crippen LogP contribution in [0.4, 0.5) is 4.39 Å². The molecule has 2 aromatic rings. The van der Waals surface area contributed by atoms with Crippen LogP contribution in [0.15, 0.2) is 50.9 Å². The van der Waals surface area contributed by atoms with Gasteiger partial charge in [-0.3, -0.25) is 0 Å². The topological polar surface area (TPSA) is 59.0 Å². The van der Waals surface area contributed by atoms with Gasteiger partial charge in [-0.25, -0.2) is 4.39 Å². The lowest BCUT2D eigenvalue weighted by molar-refractivity contribution is 0.302. The molecule has 0 atom stereocenters. The Kier molecular flexibility index (Phi) is 6.49. The average molecular weight is 470 g/mol. The predicted octanol–water partition coefficient (Wildman–Crippen LogP) is 5.12. The van der Waals surface area contributed by atoms with Crippen molar-refractivity contribution >= 4 is 55.1 Å². The first-order valence-electron chi connectivity index (χ1n) is 6.68. The third kappa shape index (κ3) is 4.87. The van der Waals surface area contributed by atoms with Crippen LogP contribution in [0.25, 0.3) is 6.08 Å². The zero-order valence-electron chi connectivity index (χ0n) is 12.2. The predicted molar refractivity (Wildman–Crippen MR) is 103 cm³/mol. The van der Waals surface area contributed by atoms with E-state index >= 15 is 0 Å². The second-order valence-electron chi connectivity index (χ2n) is 4.76. The molecule has 0 aliphatic rings. The number of benzene rings is 2. The van der Waals surface area contributed by atoms with E-state index < -0.39 is 0 Å². The maximum absolute atomic E-state index is 12.9. The van der Waals surface area contributed by atoms with Crippen molar-refractivity contribution in [3.63, 3.8) is 0 Å². The van der Waals surface area contributed by atoms with E-state index in [0.717, 1.165) is 11.1 Å². The number of nitrogens with zero attached hydrogens (tertiary/aromatic N) is 1. The molecule has 7 heteroatoms. The minimum Gasteiger partial charge on any atom is -0.487 e. The Hall–Kier alpha value is -1.75. The number of rotatable bonds is 5. The van der Waals surface area contributed by atoms with Crippen LogP contribution in [-0.2, 0) is 6.61 Å². The summed E-state index contributed by atoms with van der Waals surface area (Å²) >= 11 is 11.7. The van der Waals surface area contributed by atoms with Gasteiger partial charge in [-0.05, 0) is 73.3 Å². The fraction of sp³-hybridized carbons (Fsp3) is 0.0588. The molecule has 0 saturated carbocycles. The summed E-state index contributed by atoms with van der Waals surface area (Å²) < 4.78 is 20.1. The van der Waals surface area contributed by atoms with Gasteiger partial charge in [-0.1, -0.05) is 24.4 Å². The lowest BCUT2D eigenvalue weighted by atomic mass is 10.1. The molecule has 2 N–H and O–H groups in total. The second kappa shape index (κ2) is 8.38. The van der Waals surface area contributed by atoms with Gasteiger partial charge in [0.15, 0.2) is 0 Å². The van der Waals surface area contributed by atoms with Crippen molar-refractivity contribution in [1.82, 2.24) is 0 Å². The van der Waals surface area contributed by atoms with Crippen molar-refractivity contribution in [3.8, 4) is 11.8 Å². The highest BCUT2D eigenvalue weighted by atomic mass is 79.9. The van der Waals surface area contributed by atoms with Crippen LogP contribution in [0.1, 0.15) is 11.1 Å². The molecule has 3 nitrogen and oxygen atoms in total. The summed E-state index contributed by atoms with van der Waals surface area (Å²) in [5, 5.41) is 9.02. The van der Waals surface area contributed by atoms with Gasteiger partial charge in [0.1, 0.15) is 29.2 Å². The molecule has 0 spiro atoms. The molecule has 0 unspecified atom stereocenters. The van der Waals surface area contributed by atoms with Crippen LogP contribution >= 0.6 is 44.1 Å². The first-order valence-corrected chi connectivity index (χ1v) is 8.68. The lowest BCUT2D eigenvalue weighted by Crippen LogP contribution is -2.09. The van der Waals surface area contributed by atoms with E-state index in [2.05, 4.69) is 31.9 Å². The standard InChI is InChI=1S/C17H11Br2FN2OS/c18-14-6-11(5-12(8-21)17(22)24)7-15(19)16(14)23-9-10-1-3-13(20)4-2-10/h1-7H,9H2,(H2,22,24)/b12-5+. The van der Waals surface area contributed by atoms with Crippen molar-refractivity contribution in [2.24, 2.45) is 5.73 Å². The Balaban J connectivity index is 2.22. The van der Waals surface area contributed by atoms with Crippen LogP contribution in [0.5, 0.6) is 5.75 Å². The highest BCUT2D eigenvalue weighted by Crippen LogP contribution is 2.36. The molecule has 0 amide bonds. The van der Waals surface area contributed by atoms with Crippen molar-refractivity contribution in [2.75, 3.05) is 0 Å². The molecule has 0 heterocycles. The maximum atomic E-state index is 12.9. The van der Waals surface area contributed by atoms with Gasteiger partial charge >= 0.3 is 0 Å². The first kappa shape index (κ1) is 18.6. The van der Waals surface area contributed by atoms with Gasteiger partial charge in [-0.2, -0.15) is 5.26 Å². The molecule has 0 fully saturated rings. The Morgan fingerprint density at radius 3 is 2.33 bits per heavy atom. The number of nitriles is 1. The summed E-state index contributed by atoms with van der Waals surface area (Å²) in [6, 6.07) is 11.6. The number of ether oxygens (including phenoxy) is 1. The van der Waals surface area contributed by atoms with Gasteiger partial charge in [0, 0.05) is 0 Å². The third-order valence-electron chi connectivity index (χ3n) is 3.01. The summed E-state index contributed by atoms with van der Waals surface area (Å²) in [7, 11) is 0. The van der Waals surface area contributed by atoms with E-state index in [4.69, 9.17) is 28.0 Å². The molecule has 24 heavy (non-hydrogen) atoms. The van der Waals surface area contributed by atoms with Crippen molar-refractivity contribution < 1.29 is 9.13 Å². The third-order valence-corrected chi connectivity index (χ3v) is 4.41. The molecule has 0 aliphatic heterocycles. The average Bonchev–Trinajstić information content (AvgIpc) is 2.53. The minimum atomic E-state index is -0.289. The Bertz CT molecular complexity index is 822. The molecule has 0 aromatic heterocycles. The minimum absolute atomic E-state index is 0.0429. The number of halogens is 3. The van der Waals surface area contributed by atoms with Gasteiger partial charge in [0.2, 0.25) is 0 Å². The molecule has 0 saturated heterocycles. The summed E-state index contributed by atoms with van der Waals surface area (Å²) in [5.74, 6) is 0.314. The van der Waals surface area contributed by atoms with Crippen molar-refractivity contribution in [3.05, 3.63) is 67.9 Å². The number of nitrogens with two attached hydrogens (primary N) is 1. The molecule has 122 valence electrons. The summed E-state index contributed by atoms with van der Waals surface area (Å²) in [6.45, 7) is 0.295. The van der Waals surface area contributed by atoms with Crippen LogP contribution in [-0.4, -0.2) is 4.99 Å². The van der Waals surface area contributed by atoms with E-state index in [1.165, 1.54) is 12.1 Å². The molecular formula is C17H11Br2FN2OS.